The van der Waals surface area contributed by atoms with Crippen LogP contribution in [0.3, 0.4) is 0 Å². The summed E-state index contributed by atoms with van der Waals surface area (Å²) in [6.45, 7) is 0.509. The third-order valence-electron chi connectivity index (χ3n) is 5.72. The summed E-state index contributed by atoms with van der Waals surface area (Å²) in [5.74, 6) is 0.461. The van der Waals surface area contributed by atoms with Crippen molar-refractivity contribution >= 4 is 12.1 Å². The molecule has 1 heterocycles. The van der Waals surface area contributed by atoms with Gasteiger partial charge in [0.1, 0.15) is 18.1 Å². The summed E-state index contributed by atoms with van der Waals surface area (Å²) in [6, 6.07) is 39.3. The van der Waals surface area contributed by atoms with Crippen molar-refractivity contribution in [1.29, 1.82) is 0 Å². The number of aromatic nitrogens is 1. The molecule has 1 amide bonds. The van der Waals surface area contributed by atoms with E-state index in [1.165, 1.54) is 0 Å². The summed E-state index contributed by atoms with van der Waals surface area (Å²) in [5, 5.41) is 4.17. The average molecular weight is 472 g/mol. The molecule has 2 N–H and O–H groups in total. The Bertz CT molecular complexity index is 1440. The van der Waals surface area contributed by atoms with Crippen molar-refractivity contribution in [1.82, 2.24) is 10.4 Å². The number of amides is 1. The van der Waals surface area contributed by atoms with Gasteiger partial charge < -0.3 is 9.72 Å². The van der Waals surface area contributed by atoms with Gasteiger partial charge in [-0.1, -0.05) is 91.0 Å². The topological polar surface area (TPSA) is 66.5 Å². The first kappa shape index (κ1) is 22.9. The third-order valence-corrected chi connectivity index (χ3v) is 5.72. The van der Waals surface area contributed by atoms with Gasteiger partial charge in [-0.3, -0.25) is 4.79 Å². The van der Waals surface area contributed by atoms with Crippen molar-refractivity contribution in [2.24, 2.45) is 5.10 Å². The number of rotatable bonds is 8. The third kappa shape index (κ3) is 5.59. The molecule has 4 aromatic carbocycles. The first-order valence-electron chi connectivity index (χ1n) is 11.7. The Labute approximate surface area is 210 Å². The molecule has 0 aliphatic carbocycles. The van der Waals surface area contributed by atoms with Crippen LogP contribution in [0.1, 0.15) is 21.6 Å². The Morgan fingerprint density at radius 1 is 0.778 bits per heavy atom. The Balaban J connectivity index is 1.27. The van der Waals surface area contributed by atoms with Crippen LogP contribution in [-0.4, -0.2) is 17.1 Å². The van der Waals surface area contributed by atoms with E-state index in [2.05, 4.69) is 15.5 Å². The van der Waals surface area contributed by atoms with Gasteiger partial charge in [-0.25, -0.2) is 5.43 Å². The largest absolute Gasteiger partial charge is 0.489 e. The molecule has 0 saturated heterocycles. The van der Waals surface area contributed by atoms with Crippen molar-refractivity contribution in [2.75, 3.05) is 0 Å². The summed E-state index contributed by atoms with van der Waals surface area (Å²) >= 11 is 0. The average Bonchev–Trinajstić information content (AvgIpc) is 3.40. The molecule has 0 unspecified atom stereocenters. The monoisotopic (exact) mass is 471 g/mol. The molecule has 0 bridgehead atoms. The molecule has 0 aliphatic rings. The number of hydrogen-bond donors (Lipinski definition) is 2. The lowest BCUT2D eigenvalue weighted by Gasteiger charge is -2.06. The van der Waals surface area contributed by atoms with Crippen LogP contribution in [0, 0.1) is 0 Å². The molecule has 36 heavy (non-hydrogen) atoms. The minimum Gasteiger partial charge on any atom is -0.489 e. The van der Waals surface area contributed by atoms with E-state index in [-0.39, 0.29) is 5.91 Å². The van der Waals surface area contributed by atoms with Crippen LogP contribution in [0.15, 0.2) is 126 Å². The number of hydrazone groups is 1. The number of carbonyl (C=O) groups is 1. The van der Waals surface area contributed by atoms with Crippen LogP contribution in [0.5, 0.6) is 5.75 Å². The highest BCUT2D eigenvalue weighted by molar-refractivity contribution is 6.01. The second kappa shape index (κ2) is 11.0. The predicted octanol–water partition coefficient (Wildman–Crippen LogP) is 6.69. The van der Waals surface area contributed by atoms with Gasteiger partial charge in [-0.2, -0.15) is 5.10 Å². The number of ether oxygens (including phenoxy) is 1. The second-order valence-electron chi connectivity index (χ2n) is 8.25. The van der Waals surface area contributed by atoms with Crippen LogP contribution < -0.4 is 10.2 Å². The minimum absolute atomic E-state index is 0.310. The van der Waals surface area contributed by atoms with E-state index >= 15 is 0 Å². The number of aromatic amines is 1. The normalized spacial score (nSPS) is 10.9. The molecule has 0 aliphatic heterocycles. The molecule has 0 atom stereocenters. The van der Waals surface area contributed by atoms with Gasteiger partial charge in [0.2, 0.25) is 0 Å². The Kier molecular flexibility index (Phi) is 7.00. The molecule has 5 heteroatoms. The molecule has 0 radical (unpaired) electrons. The standard InChI is InChI=1S/C31H25N3O2/c35-31(34-32-21-23-16-18-27(19-17-23)36-22-24-10-4-1-5-11-24)30-28(25-12-6-2-7-13-25)20-29(33-30)26-14-8-3-9-15-26/h1-21,33H,22H2,(H,34,35). The number of nitrogens with zero attached hydrogens (tertiary/aromatic N) is 1. The second-order valence-corrected chi connectivity index (χ2v) is 8.25. The van der Waals surface area contributed by atoms with Crippen molar-refractivity contribution < 1.29 is 9.53 Å². The van der Waals surface area contributed by atoms with Crippen LogP contribution >= 0.6 is 0 Å². The van der Waals surface area contributed by atoms with Gasteiger partial charge in [0.05, 0.1) is 6.21 Å². The molecule has 176 valence electrons. The molecule has 0 saturated carbocycles. The van der Waals surface area contributed by atoms with Gasteiger partial charge in [-0.05, 0) is 52.6 Å². The molecular weight excluding hydrogens is 446 g/mol. The lowest BCUT2D eigenvalue weighted by Crippen LogP contribution is -2.18. The van der Waals surface area contributed by atoms with Crippen LogP contribution in [-0.2, 0) is 6.61 Å². The number of benzene rings is 4. The maximum atomic E-state index is 13.1. The summed E-state index contributed by atoms with van der Waals surface area (Å²) in [4.78, 5) is 16.3. The van der Waals surface area contributed by atoms with E-state index in [0.717, 1.165) is 39.3 Å². The lowest BCUT2D eigenvalue weighted by atomic mass is 10.0. The lowest BCUT2D eigenvalue weighted by molar-refractivity contribution is 0.0951. The zero-order valence-electron chi connectivity index (χ0n) is 19.6. The van der Waals surface area contributed by atoms with Gasteiger partial charge >= 0.3 is 0 Å². The van der Waals surface area contributed by atoms with E-state index in [9.17, 15) is 4.79 Å². The van der Waals surface area contributed by atoms with Crippen molar-refractivity contribution in [2.45, 2.75) is 6.61 Å². The van der Waals surface area contributed by atoms with E-state index in [1.54, 1.807) is 6.21 Å². The molecule has 0 spiro atoms. The maximum absolute atomic E-state index is 13.1. The highest BCUT2D eigenvalue weighted by Gasteiger charge is 2.17. The molecule has 1 aromatic heterocycles. The molecule has 0 fully saturated rings. The van der Waals surface area contributed by atoms with Crippen LogP contribution in [0.25, 0.3) is 22.4 Å². The molecule has 5 rings (SSSR count). The van der Waals surface area contributed by atoms with Crippen LogP contribution in [0.2, 0.25) is 0 Å². The van der Waals surface area contributed by atoms with E-state index in [4.69, 9.17) is 4.74 Å². The summed E-state index contributed by atoms with van der Waals surface area (Å²) < 4.78 is 5.82. The highest BCUT2D eigenvalue weighted by atomic mass is 16.5. The fourth-order valence-electron chi connectivity index (χ4n) is 3.86. The number of nitrogens with one attached hydrogen (secondary N) is 2. The van der Waals surface area contributed by atoms with Crippen LogP contribution in [0.4, 0.5) is 0 Å². The number of H-pyrrole nitrogens is 1. The van der Waals surface area contributed by atoms with Gasteiger partial charge in [0, 0.05) is 11.3 Å². The first-order valence-corrected chi connectivity index (χ1v) is 11.7. The summed E-state index contributed by atoms with van der Waals surface area (Å²) in [6.07, 6.45) is 1.61. The first-order chi connectivity index (χ1) is 17.8. The Morgan fingerprint density at radius 2 is 1.39 bits per heavy atom. The molecular formula is C31H25N3O2. The van der Waals surface area contributed by atoms with Gasteiger partial charge in [-0.15, -0.1) is 0 Å². The van der Waals surface area contributed by atoms with Crippen molar-refractivity contribution in [3.8, 4) is 28.1 Å². The summed E-state index contributed by atoms with van der Waals surface area (Å²) in [7, 11) is 0. The SMILES string of the molecule is O=C(NN=Cc1ccc(OCc2ccccc2)cc1)c1[nH]c(-c2ccccc2)cc1-c1ccccc1. The minimum atomic E-state index is -0.310. The van der Waals surface area contributed by atoms with Gasteiger partial charge in [0.15, 0.2) is 0 Å². The van der Waals surface area contributed by atoms with E-state index in [1.807, 2.05) is 121 Å². The maximum Gasteiger partial charge on any atom is 0.288 e. The Morgan fingerprint density at radius 3 is 2.06 bits per heavy atom. The molecule has 5 aromatic rings. The molecule has 5 nitrogen and oxygen atoms in total. The number of hydrogen-bond acceptors (Lipinski definition) is 3. The van der Waals surface area contributed by atoms with Crippen molar-refractivity contribution in [3.63, 3.8) is 0 Å². The van der Waals surface area contributed by atoms with E-state index in [0.29, 0.717) is 12.3 Å². The predicted molar refractivity (Wildman–Crippen MR) is 144 cm³/mol. The number of carbonyl (C=O) groups excluding carboxylic acids is 1. The smallest absolute Gasteiger partial charge is 0.288 e. The summed E-state index contributed by atoms with van der Waals surface area (Å²) in [5.41, 5.74) is 8.72. The Hall–Kier alpha value is -4.90. The quantitative estimate of drug-likeness (QED) is 0.196. The van der Waals surface area contributed by atoms with E-state index < -0.39 is 0 Å². The zero-order chi connectivity index (χ0) is 24.6. The van der Waals surface area contributed by atoms with Crippen molar-refractivity contribution in [3.05, 3.63) is 138 Å². The fourth-order valence-corrected chi connectivity index (χ4v) is 3.86. The highest BCUT2D eigenvalue weighted by Crippen LogP contribution is 2.29. The fraction of sp³-hybridized carbons (Fsp3) is 0.0323. The van der Waals surface area contributed by atoms with Gasteiger partial charge in [0.25, 0.3) is 5.91 Å². The zero-order valence-corrected chi connectivity index (χ0v) is 19.6.